The second-order valence-corrected chi connectivity index (χ2v) is 5.01. The number of hydrogen-bond donors (Lipinski definition) is 0. The molecule has 0 rings (SSSR count). The summed E-state index contributed by atoms with van der Waals surface area (Å²) < 4.78 is 6.05. The first-order chi connectivity index (χ1) is 7.39. The molecule has 3 nitrogen and oxygen atoms in total. The normalized spacial score (nSPS) is 11.2. The van der Waals surface area contributed by atoms with Gasteiger partial charge in [-0.15, -0.1) is 0 Å². The van der Waals surface area contributed by atoms with Crippen LogP contribution in [0.4, 0.5) is 0 Å². The average Bonchev–Trinajstić information content (AvgIpc) is 2.21. The Morgan fingerprint density at radius 2 is 1.81 bits per heavy atom. The van der Waals surface area contributed by atoms with Crippen LogP contribution in [0.5, 0.6) is 0 Å². The molecule has 0 heterocycles. The molecule has 0 aliphatic rings. The fraction of sp³-hybridized carbons (Fsp3) is 0.769. The zero-order valence-electron chi connectivity index (χ0n) is 11.2. The maximum absolute atomic E-state index is 11.1. The number of rotatable bonds is 8. The number of hydrogen-bond acceptors (Lipinski definition) is 2. The van der Waals surface area contributed by atoms with Crippen molar-refractivity contribution in [1.82, 2.24) is 0 Å². The summed E-state index contributed by atoms with van der Waals surface area (Å²) in [5, 5.41) is 0. The Kier molecular flexibility index (Phi) is 7.06. The summed E-state index contributed by atoms with van der Waals surface area (Å²) in [6, 6.07) is 0. The van der Waals surface area contributed by atoms with Crippen molar-refractivity contribution in [2.45, 2.75) is 33.1 Å². The second kappa shape index (κ2) is 7.44. The SMILES string of the molecule is C=C(C)C(=O)OCCC[N+](C)(C)CCCC. The van der Waals surface area contributed by atoms with Gasteiger partial charge in [0.2, 0.25) is 0 Å². The minimum absolute atomic E-state index is 0.279. The molecule has 0 spiro atoms. The standard InChI is InChI=1S/C13H26NO2/c1-6-7-9-14(4,5)10-8-11-16-13(15)12(2)3/h2,6-11H2,1,3-5H3/q+1. The lowest BCUT2D eigenvalue weighted by Crippen LogP contribution is -2.41. The third-order valence-corrected chi connectivity index (χ3v) is 2.61. The smallest absolute Gasteiger partial charge is 0.333 e. The quantitative estimate of drug-likeness (QED) is 0.276. The number of quaternary nitrogens is 1. The molecule has 0 aromatic rings. The predicted molar refractivity (Wildman–Crippen MR) is 67.1 cm³/mol. The van der Waals surface area contributed by atoms with Gasteiger partial charge in [0.05, 0.1) is 33.8 Å². The van der Waals surface area contributed by atoms with Gasteiger partial charge in [0, 0.05) is 12.0 Å². The van der Waals surface area contributed by atoms with Crippen molar-refractivity contribution in [2.24, 2.45) is 0 Å². The summed E-state index contributed by atoms with van der Waals surface area (Å²) in [4.78, 5) is 11.1. The van der Waals surface area contributed by atoms with Gasteiger partial charge in [-0.1, -0.05) is 19.9 Å². The van der Waals surface area contributed by atoms with Crippen LogP contribution in [0, 0.1) is 0 Å². The Balaban J connectivity index is 3.64. The molecule has 94 valence electrons. The van der Waals surface area contributed by atoms with Gasteiger partial charge in [-0.2, -0.15) is 0 Å². The van der Waals surface area contributed by atoms with Gasteiger partial charge in [0.15, 0.2) is 0 Å². The number of nitrogens with zero attached hydrogens (tertiary/aromatic N) is 1. The van der Waals surface area contributed by atoms with Crippen LogP contribution in [0.2, 0.25) is 0 Å². The highest BCUT2D eigenvalue weighted by atomic mass is 16.5. The monoisotopic (exact) mass is 228 g/mol. The summed E-state index contributed by atoms with van der Waals surface area (Å²) in [5.41, 5.74) is 0.472. The molecule has 16 heavy (non-hydrogen) atoms. The van der Waals surface area contributed by atoms with E-state index < -0.39 is 0 Å². The Morgan fingerprint density at radius 1 is 1.25 bits per heavy atom. The lowest BCUT2D eigenvalue weighted by molar-refractivity contribution is -0.890. The number of unbranched alkanes of at least 4 members (excludes halogenated alkanes) is 1. The molecule has 3 heteroatoms. The van der Waals surface area contributed by atoms with Crippen molar-refractivity contribution < 1.29 is 14.0 Å². The van der Waals surface area contributed by atoms with E-state index in [1.54, 1.807) is 6.92 Å². The minimum atomic E-state index is -0.279. The molecule has 0 atom stereocenters. The van der Waals surface area contributed by atoms with E-state index >= 15 is 0 Å². The predicted octanol–water partition coefficient (Wildman–Crippen LogP) is 2.37. The molecule has 0 bridgehead atoms. The van der Waals surface area contributed by atoms with Gasteiger partial charge >= 0.3 is 5.97 Å². The Bertz CT molecular complexity index is 234. The number of esters is 1. The largest absolute Gasteiger partial charge is 0.462 e. The second-order valence-electron chi connectivity index (χ2n) is 5.01. The van der Waals surface area contributed by atoms with E-state index in [4.69, 9.17) is 4.74 Å². The van der Waals surface area contributed by atoms with Gasteiger partial charge in [0.1, 0.15) is 0 Å². The molecule has 0 saturated heterocycles. The molecule has 0 amide bonds. The number of carbonyl (C=O) groups excluding carboxylic acids is 1. The molecule has 0 unspecified atom stereocenters. The molecule has 0 radical (unpaired) electrons. The molecule has 0 fully saturated rings. The van der Waals surface area contributed by atoms with E-state index in [-0.39, 0.29) is 5.97 Å². The van der Waals surface area contributed by atoms with Crippen LogP contribution < -0.4 is 0 Å². The van der Waals surface area contributed by atoms with Gasteiger partial charge < -0.3 is 9.22 Å². The summed E-state index contributed by atoms with van der Waals surface area (Å²) in [7, 11) is 4.44. The maximum atomic E-state index is 11.1. The van der Waals surface area contributed by atoms with Crippen molar-refractivity contribution in [1.29, 1.82) is 0 Å². The highest BCUT2D eigenvalue weighted by Gasteiger charge is 2.13. The fourth-order valence-corrected chi connectivity index (χ4v) is 1.48. The van der Waals surface area contributed by atoms with Crippen molar-refractivity contribution in [3.05, 3.63) is 12.2 Å². The first-order valence-corrected chi connectivity index (χ1v) is 6.03. The van der Waals surface area contributed by atoms with E-state index in [2.05, 4.69) is 27.6 Å². The van der Waals surface area contributed by atoms with Gasteiger partial charge in [-0.3, -0.25) is 0 Å². The number of carbonyl (C=O) groups is 1. The van der Waals surface area contributed by atoms with E-state index in [9.17, 15) is 4.79 Å². The summed E-state index contributed by atoms with van der Waals surface area (Å²) in [6.07, 6.45) is 3.39. The molecular weight excluding hydrogens is 202 g/mol. The van der Waals surface area contributed by atoms with Gasteiger partial charge in [0.25, 0.3) is 0 Å². The minimum Gasteiger partial charge on any atom is -0.462 e. The highest BCUT2D eigenvalue weighted by Crippen LogP contribution is 2.03. The highest BCUT2D eigenvalue weighted by molar-refractivity contribution is 5.86. The average molecular weight is 228 g/mol. The van der Waals surface area contributed by atoms with Crippen molar-refractivity contribution in [3.8, 4) is 0 Å². The zero-order chi connectivity index (χ0) is 12.6. The van der Waals surface area contributed by atoms with Crippen LogP contribution in [0.1, 0.15) is 33.1 Å². The summed E-state index contributed by atoms with van der Waals surface area (Å²) in [5.74, 6) is -0.279. The first-order valence-electron chi connectivity index (χ1n) is 6.03. The third-order valence-electron chi connectivity index (χ3n) is 2.61. The van der Waals surface area contributed by atoms with Crippen LogP contribution in [-0.4, -0.2) is 44.2 Å². The van der Waals surface area contributed by atoms with Crippen molar-refractivity contribution in [3.63, 3.8) is 0 Å². The third kappa shape index (κ3) is 7.46. The van der Waals surface area contributed by atoms with Crippen LogP contribution >= 0.6 is 0 Å². The lowest BCUT2D eigenvalue weighted by Gasteiger charge is -2.29. The molecule has 0 aliphatic heterocycles. The summed E-state index contributed by atoms with van der Waals surface area (Å²) >= 11 is 0. The van der Waals surface area contributed by atoms with Gasteiger partial charge in [-0.25, -0.2) is 4.79 Å². The van der Waals surface area contributed by atoms with Crippen LogP contribution in [0.25, 0.3) is 0 Å². The molecule has 0 N–H and O–H groups in total. The topological polar surface area (TPSA) is 26.3 Å². The Labute approximate surface area is 99.7 Å². The number of ether oxygens (including phenoxy) is 1. The summed E-state index contributed by atoms with van der Waals surface area (Å²) in [6.45, 7) is 10.1. The van der Waals surface area contributed by atoms with Crippen LogP contribution in [0.15, 0.2) is 12.2 Å². The van der Waals surface area contributed by atoms with E-state index in [0.717, 1.165) is 17.4 Å². The van der Waals surface area contributed by atoms with Crippen LogP contribution in [-0.2, 0) is 9.53 Å². The van der Waals surface area contributed by atoms with Crippen LogP contribution in [0.3, 0.4) is 0 Å². The van der Waals surface area contributed by atoms with E-state index in [1.807, 2.05) is 0 Å². The zero-order valence-corrected chi connectivity index (χ0v) is 11.2. The lowest BCUT2D eigenvalue weighted by atomic mass is 10.2. The van der Waals surface area contributed by atoms with E-state index in [0.29, 0.717) is 12.2 Å². The molecular formula is C13H26NO2+. The Morgan fingerprint density at radius 3 is 2.31 bits per heavy atom. The Hall–Kier alpha value is -0.830. The fourth-order valence-electron chi connectivity index (χ4n) is 1.48. The van der Waals surface area contributed by atoms with E-state index in [1.165, 1.54) is 19.4 Å². The molecule has 0 aromatic heterocycles. The molecule has 0 aromatic carbocycles. The first kappa shape index (κ1) is 15.2. The van der Waals surface area contributed by atoms with Crippen molar-refractivity contribution in [2.75, 3.05) is 33.8 Å². The van der Waals surface area contributed by atoms with Gasteiger partial charge in [-0.05, 0) is 13.3 Å². The van der Waals surface area contributed by atoms with Crippen molar-refractivity contribution >= 4 is 5.97 Å². The molecule has 0 aliphatic carbocycles. The molecule has 0 saturated carbocycles. The maximum Gasteiger partial charge on any atom is 0.333 e.